The van der Waals surface area contributed by atoms with Crippen molar-refractivity contribution >= 4 is 27.3 Å². The normalized spacial score (nSPS) is 19.4. The maximum atomic E-state index is 3.55. The summed E-state index contributed by atoms with van der Waals surface area (Å²) in [5.41, 5.74) is 3.09. The van der Waals surface area contributed by atoms with E-state index in [1.807, 2.05) is 11.3 Å². The van der Waals surface area contributed by atoms with Crippen LogP contribution in [-0.4, -0.2) is 13.1 Å². The number of rotatable bonds is 4. The average Bonchev–Trinajstić information content (AvgIpc) is 3.02. The van der Waals surface area contributed by atoms with Crippen LogP contribution in [0.4, 0.5) is 0 Å². The van der Waals surface area contributed by atoms with Crippen LogP contribution in [0.1, 0.15) is 28.3 Å². The number of hydrogen-bond acceptors (Lipinski definition) is 2. The summed E-state index contributed by atoms with van der Waals surface area (Å²) in [5.74, 6) is 0.655. The summed E-state index contributed by atoms with van der Waals surface area (Å²) in [6.45, 7) is 0. The molecular weight excluding hydrogens is 318 g/mol. The number of thiophene rings is 1. The molecule has 0 spiro atoms. The molecule has 3 heteroatoms. The molecule has 0 saturated carbocycles. The first-order valence-corrected chi connectivity index (χ1v) is 8.38. The van der Waals surface area contributed by atoms with Gasteiger partial charge in [0.15, 0.2) is 0 Å². The Morgan fingerprint density at radius 1 is 1.32 bits per heavy atom. The zero-order chi connectivity index (χ0) is 13.2. The minimum Gasteiger partial charge on any atom is -0.316 e. The molecule has 2 unspecified atom stereocenters. The molecule has 2 atom stereocenters. The summed E-state index contributed by atoms with van der Waals surface area (Å²) < 4.78 is 1.23. The minimum atomic E-state index is 0.536. The van der Waals surface area contributed by atoms with Crippen LogP contribution < -0.4 is 5.32 Å². The number of nitrogens with one attached hydrogen (secondary N) is 1. The Morgan fingerprint density at radius 2 is 2.16 bits per heavy atom. The number of benzene rings is 1. The minimum absolute atomic E-state index is 0.536. The van der Waals surface area contributed by atoms with Gasteiger partial charge in [0.1, 0.15) is 0 Å². The van der Waals surface area contributed by atoms with Crippen molar-refractivity contribution < 1.29 is 0 Å². The lowest BCUT2D eigenvalue weighted by Gasteiger charge is -2.23. The third kappa shape index (κ3) is 2.78. The summed E-state index contributed by atoms with van der Waals surface area (Å²) in [7, 11) is 2.09. The van der Waals surface area contributed by atoms with E-state index in [2.05, 4.69) is 64.7 Å². The van der Waals surface area contributed by atoms with E-state index in [0.717, 1.165) is 6.42 Å². The lowest BCUT2D eigenvalue weighted by molar-refractivity contribution is 0.458. The fourth-order valence-electron chi connectivity index (χ4n) is 3.13. The molecular formula is C16H18BrNS. The van der Waals surface area contributed by atoms with E-state index in [1.54, 1.807) is 11.1 Å². The quantitative estimate of drug-likeness (QED) is 0.874. The molecule has 1 heterocycles. The zero-order valence-electron chi connectivity index (χ0n) is 11.0. The zero-order valence-corrected chi connectivity index (χ0v) is 13.4. The number of hydrogen-bond donors (Lipinski definition) is 1. The first kappa shape index (κ1) is 13.3. The Hall–Kier alpha value is -0.640. The second-order valence-electron chi connectivity index (χ2n) is 5.15. The molecule has 19 heavy (non-hydrogen) atoms. The number of halogens is 1. The molecule has 1 aliphatic carbocycles. The first-order valence-electron chi connectivity index (χ1n) is 6.77. The van der Waals surface area contributed by atoms with E-state index in [1.165, 1.54) is 21.5 Å². The molecule has 2 aromatic rings. The molecule has 0 aliphatic heterocycles. The molecule has 0 amide bonds. The molecule has 3 rings (SSSR count). The molecule has 1 aromatic carbocycles. The van der Waals surface area contributed by atoms with Gasteiger partial charge in [0.25, 0.3) is 0 Å². The molecule has 0 radical (unpaired) electrons. The van der Waals surface area contributed by atoms with Gasteiger partial charge >= 0.3 is 0 Å². The van der Waals surface area contributed by atoms with Crippen LogP contribution in [0.3, 0.4) is 0 Å². The predicted molar refractivity (Wildman–Crippen MR) is 86.1 cm³/mol. The van der Waals surface area contributed by atoms with Gasteiger partial charge in [-0.1, -0.05) is 24.3 Å². The molecule has 0 bridgehead atoms. The lowest BCUT2D eigenvalue weighted by Crippen LogP contribution is -2.33. The molecule has 0 fully saturated rings. The fraction of sp³-hybridized carbons (Fsp3) is 0.375. The Kier molecular flexibility index (Phi) is 4.06. The van der Waals surface area contributed by atoms with Crippen LogP contribution in [0, 0.1) is 0 Å². The standard InChI is InChI=1S/C16H18BrNS/c1-18-15(10-12-7-9-16(17)19-12)14-8-6-11-4-2-3-5-13(11)14/h2-5,7,9,14-15,18H,6,8,10H2,1H3. The van der Waals surface area contributed by atoms with E-state index in [-0.39, 0.29) is 0 Å². The molecule has 0 saturated heterocycles. The average molecular weight is 336 g/mol. The largest absolute Gasteiger partial charge is 0.316 e. The van der Waals surface area contributed by atoms with Gasteiger partial charge in [0, 0.05) is 16.8 Å². The van der Waals surface area contributed by atoms with Crippen LogP contribution in [-0.2, 0) is 12.8 Å². The predicted octanol–water partition coefficient (Wildman–Crippen LogP) is 4.37. The topological polar surface area (TPSA) is 12.0 Å². The maximum absolute atomic E-state index is 3.55. The lowest BCUT2D eigenvalue weighted by atomic mass is 9.91. The van der Waals surface area contributed by atoms with Crippen molar-refractivity contribution in [1.82, 2.24) is 5.32 Å². The highest BCUT2D eigenvalue weighted by Gasteiger charge is 2.28. The van der Waals surface area contributed by atoms with Gasteiger partial charge in [-0.15, -0.1) is 11.3 Å². The van der Waals surface area contributed by atoms with Crippen molar-refractivity contribution in [2.45, 2.75) is 31.2 Å². The van der Waals surface area contributed by atoms with Crippen molar-refractivity contribution in [2.24, 2.45) is 0 Å². The van der Waals surface area contributed by atoms with Crippen molar-refractivity contribution in [2.75, 3.05) is 7.05 Å². The molecule has 100 valence electrons. The Balaban J connectivity index is 1.80. The molecule has 1 aliphatic rings. The summed E-state index contributed by atoms with van der Waals surface area (Å²) >= 11 is 5.40. The third-order valence-corrected chi connectivity index (χ3v) is 5.73. The Morgan fingerprint density at radius 3 is 2.89 bits per heavy atom. The second kappa shape index (κ2) is 5.78. The highest BCUT2D eigenvalue weighted by molar-refractivity contribution is 9.11. The van der Waals surface area contributed by atoms with E-state index >= 15 is 0 Å². The highest BCUT2D eigenvalue weighted by atomic mass is 79.9. The van der Waals surface area contributed by atoms with Crippen LogP contribution in [0.5, 0.6) is 0 Å². The summed E-state index contributed by atoms with van der Waals surface area (Å²) in [4.78, 5) is 1.45. The Labute approximate surface area is 127 Å². The molecule has 1 aromatic heterocycles. The third-order valence-electron chi connectivity index (χ3n) is 4.09. The van der Waals surface area contributed by atoms with Crippen molar-refractivity contribution in [3.8, 4) is 0 Å². The van der Waals surface area contributed by atoms with E-state index in [9.17, 15) is 0 Å². The van der Waals surface area contributed by atoms with Gasteiger partial charge in [-0.05, 0) is 65.5 Å². The molecule has 1 nitrogen and oxygen atoms in total. The van der Waals surface area contributed by atoms with Crippen molar-refractivity contribution in [3.63, 3.8) is 0 Å². The first-order chi connectivity index (χ1) is 9.28. The summed E-state index contributed by atoms with van der Waals surface area (Å²) in [6, 6.07) is 13.8. The van der Waals surface area contributed by atoms with Gasteiger partial charge in [0.05, 0.1) is 3.79 Å². The maximum Gasteiger partial charge on any atom is 0.0701 e. The van der Waals surface area contributed by atoms with E-state index < -0.39 is 0 Å². The van der Waals surface area contributed by atoms with Gasteiger partial charge in [-0.25, -0.2) is 0 Å². The fourth-order valence-corrected chi connectivity index (χ4v) is 4.67. The second-order valence-corrected chi connectivity index (χ2v) is 7.70. The van der Waals surface area contributed by atoms with Crippen LogP contribution in [0.2, 0.25) is 0 Å². The van der Waals surface area contributed by atoms with E-state index in [4.69, 9.17) is 0 Å². The Bertz CT molecular complexity index is 563. The number of likely N-dealkylation sites (N-methyl/N-ethyl adjacent to an activating group) is 1. The smallest absolute Gasteiger partial charge is 0.0701 e. The van der Waals surface area contributed by atoms with E-state index in [0.29, 0.717) is 12.0 Å². The van der Waals surface area contributed by atoms with Gasteiger partial charge in [0.2, 0.25) is 0 Å². The van der Waals surface area contributed by atoms with Crippen molar-refractivity contribution in [1.29, 1.82) is 0 Å². The van der Waals surface area contributed by atoms with Gasteiger partial charge < -0.3 is 5.32 Å². The highest BCUT2D eigenvalue weighted by Crippen LogP contribution is 2.37. The number of fused-ring (bicyclic) bond motifs is 1. The van der Waals surface area contributed by atoms with Gasteiger partial charge in [-0.3, -0.25) is 0 Å². The SMILES string of the molecule is CNC(Cc1ccc(Br)s1)C1CCc2ccccc21. The monoisotopic (exact) mass is 335 g/mol. The summed E-state index contributed by atoms with van der Waals surface area (Å²) in [6.07, 6.45) is 3.62. The molecule has 1 N–H and O–H groups in total. The van der Waals surface area contributed by atoms with Crippen LogP contribution in [0.25, 0.3) is 0 Å². The van der Waals surface area contributed by atoms with Crippen molar-refractivity contribution in [3.05, 3.63) is 56.2 Å². The van der Waals surface area contributed by atoms with Gasteiger partial charge in [-0.2, -0.15) is 0 Å². The van der Waals surface area contributed by atoms with Crippen LogP contribution in [0.15, 0.2) is 40.2 Å². The number of aryl methyl sites for hydroxylation is 1. The van der Waals surface area contributed by atoms with Crippen LogP contribution >= 0.6 is 27.3 Å². The summed E-state index contributed by atoms with van der Waals surface area (Å²) in [5, 5.41) is 3.53.